The Morgan fingerprint density at radius 2 is 1.71 bits per heavy atom. The van der Waals surface area contributed by atoms with Crippen molar-refractivity contribution < 1.29 is 17.6 Å². The highest BCUT2D eigenvalue weighted by Gasteiger charge is 2.30. The third-order valence-corrected chi connectivity index (χ3v) is 7.20. The molecule has 0 atom stereocenters. The molecule has 3 aromatic carbocycles. The minimum Gasteiger partial charge on any atom is -0.322 e. The number of hydrogen-bond donors (Lipinski definition) is 1. The van der Waals surface area contributed by atoms with Crippen LogP contribution >= 0.6 is 23.2 Å². The number of para-hydroxylation sites is 1. The molecule has 1 aliphatic heterocycles. The fourth-order valence-corrected chi connectivity index (χ4v) is 5.63. The highest BCUT2D eigenvalue weighted by Crippen LogP contribution is 2.32. The van der Waals surface area contributed by atoms with Gasteiger partial charge >= 0.3 is 0 Å². The van der Waals surface area contributed by atoms with Crippen molar-refractivity contribution in [3.05, 3.63) is 87.7 Å². The summed E-state index contributed by atoms with van der Waals surface area (Å²) >= 11 is 11.9. The van der Waals surface area contributed by atoms with E-state index in [9.17, 15) is 17.6 Å². The molecule has 0 saturated heterocycles. The van der Waals surface area contributed by atoms with Crippen molar-refractivity contribution in [3.8, 4) is 0 Å². The molecule has 5 nitrogen and oxygen atoms in total. The van der Waals surface area contributed by atoms with Gasteiger partial charge in [-0.25, -0.2) is 12.8 Å². The van der Waals surface area contributed by atoms with Crippen molar-refractivity contribution in [2.45, 2.75) is 17.7 Å². The Labute approximate surface area is 189 Å². The average Bonchev–Trinajstić information content (AvgIpc) is 2.72. The van der Waals surface area contributed by atoms with Crippen molar-refractivity contribution >= 4 is 50.5 Å². The second-order valence-electron chi connectivity index (χ2n) is 7.06. The van der Waals surface area contributed by atoms with Gasteiger partial charge < -0.3 is 5.32 Å². The van der Waals surface area contributed by atoms with E-state index in [1.807, 2.05) is 12.1 Å². The average molecular weight is 479 g/mol. The predicted molar refractivity (Wildman–Crippen MR) is 120 cm³/mol. The van der Waals surface area contributed by atoms with Gasteiger partial charge in [-0.1, -0.05) is 41.4 Å². The summed E-state index contributed by atoms with van der Waals surface area (Å²) < 4.78 is 42.4. The fourth-order valence-electron chi connectivity index (χ4n) is 3.54. The number of nitrogens with zero attached hydrogens (tertiary/aromatic N) is 1. The summed E-state index contributed by atoms with van der Waals surface area (Å²) in [7, 11) is -3.99. The first kappa shape index (κ1) is 21.6. The molecule has 1 aliphatic rings. The molecule has 0 aromatic heterocycles. The molecular formula is C22H17Cl2FN2O3S. The number of amides is 1. The van der Waals surface area contributed by atoms with Crippen LogP contribution in [0, 0.1) is 5.82 Å². The normalized spacial score (nSPS) is 13.6. The predicted octanol–water partition coefficient (Wildman–Crippen LogP) is 5.53. The number of anilines is 2. The lowest BCUT2D eigenvalue weighted by molar-refractivity contribution is 0.102. The van der Waals surface area contributed by atoms with E-state index in [0.717, 1.165) is 30.2 Å². The van der Waals surface area contributed by atoms with E-state index < -0.39 is 27.3 Å². The van der Waals surface area contributed by atoms with E-state index >= 15 is 0 Å². The monoisotopic (exact) mass is 478 g/mol. The van der Waals surface area contributed by atoms with Crippen LogP contribution in [0.3, 0.4) is 0 Å². The molecule has 0 unspecified atom stereocenters. The molecule has 160 valence electrons. The Morgan fingerprint density at radius 3 is 2.45 bits per heavy atom. The quantitative estimate of drug-likeness (QED) is 0.536. The zero-order chi connectivity index (χ0) is 22.2. The van der Waals surface area contributed by atoms with E-state index in [2.05, 4.69) is 5.32 Å². The number of rotatable bonds is 4. The molecule has 9 heteroatoms. The first-order valence-electron chi connectivity index (χ1n) is 9.43. The van der Waals surface area contributed by atoms with Gasteiger partial charge in [0.15, 0.2) is 0 Å². The van der Waals surface area contributed by atoms with E-state index in [0.29, 0.717) is 28.7 Å². The number of halogens is 3. The lowest BCUT2D eigenvalue weighted by Gasteiger charge is -2.30. The zero-order valence-electron chi connectivity index (χ0n) is 16.1. The summed E-state index contributed by atoms with van der Waals surface area (Å²) in [6.07, 6.45) is 1.45. The summed E-state index contributed by atoms with van der Waals surface area (Å²) in [5.41, 5.74) is 1.38. The van der Waals surface area contributed by atoms with Crippen LogP contribution in [-0.4, -0.2) is 20.9 Å². The third kappa shape index (κ3) is 4.39. The van der Waals surface area contributed by atoms with Crippen molar-refractivity contribution in [2.75, 3.05) is 16.2 Å². The maximum absolute atomic E-state index is 14.4. The molecular weight excluding hydrogens is 462 g/mol. The van der Waals surface area contributed by atoms with Gasteiger partial charge in [0.1, 0.15) is 5.82 Å². The highest BCUT2D eigenvalue weighted by molar-refractivity contribution is 7.92. The number of hydrogen-bond acceptors (Lipinski definition) is 3. The van der Waals surface area contributed by atoms with E-state index in [-0.39, 0.29) is 10.6 Å². The molecule has 0 spiro atoms. The van der Waals surface area contributed by atoms with Gasteiger partial charge in [-0.2, -0.15) is 0 Å². The molecule has 0 fully saturated rings. The maximum atomic E-state index is 14.4. The maximum Gasteiger partial charge on any atom is 0.264 e. The Bertz CT molecular complexity index is 1260. The van der Waals surface area contributed by atoms with Gasteiger partial charge in [0, 0.05) is 22.3 Å². The van der Waals surface area contributed by atoms with Crippen molar-refractivity contribution in [2.24, 2.45) is 0 Å². The largest absolute Gasteiger partial charge is 0.322 e. The minimum atomic E-state index is -3.99. The second-order valence-corrected chi connectivity index (χ2v) is 9.80. The molecule has 1 amide bonds. The van der Waals surface area contributed by atoms with Crippen LogP contribution in [0.1, 0.15) is 22.3 Å². The smallest absolute Gasteiger partial charge is 0.264 e. The lowest BCUT2D eigenvalue weighted by atomic mass is 10.0. The molecule has 1 heterocycles. The fraction of sp³-hybridized carbons (Fsp3) is 0.136. The Kier molecular flexibility index (Phi) is 5.92. The molecule has 31 heavy (non-hydrogen) atoms. The Morgan fingerprint density at radius 1 is 1.00 bits per heavy atom. The van der Waals surface area contributed by atoms with Crippen LogP contribution in [0.5, 0.6) is 0 Å². The highest BCUT2D eigenvalue weighted by atomic mass is 35.5. The first-order chi connectivity index (χ1) is 14.8. The topological polar surface area (TPSA) is 66.5 Å². The number of nitrogens with one attached hydrogen (secondary N) is 1. The second kappa shape index (κ2) is 8.49. The summed E-state index contributed by atoms with van der Waals surface area (Å²) in [6.45, 7) is 0.305. The molecule has 0 bridgehead atoms. The number of fused-ring (bicyclic) bond motifs is 1. The van der Waals surface area contributed by atoms with Gasteiger partial charge in [0.05, 0.1) is 16.1 Å². The first-order valence-corrected chi connectivity index (χ1v) is 11.6. The van der Waals surface area contributed by atoms with Gasteiger partial charge in [-0.3, -0.25) is 9.10 Å². The van der Waals surface area contributed by atoms with Crippen molar-refractivity contribution in [1.29, 1.82) is 0 Å². The molecule has 3 aromatic rings. The molecule has 4 rings (SSSR count). The van der Waals surface area contributed by atoms with Crippen LogP contribution in [-0.2, 0) is 16.4 Å². The lowest BCUT2D eigenvalue weighted by Crippen LogP contribution is -2.35. The number of benzene rings is 3. The van der Waals surface area contributed by atoms with Crippen LogP contribution in [0.15, 0.2) is 65.6 Å². The van der Waals surface area contributed by atoms with Gasteiger partial charge in [-0.05, 0) is 60.9 Å². The molecule has 0 radical (unpaired) electrons. The van der Waals surface area contributed by atoms with Gasteiger partial charge in [-0.15, -0.1) is 0 Å². The van der Waals surface area contributed by atoms with E-state index in [4.69, 9.17) is 23.2 Å². The summed E-state index contributed by atoms with van der Waals surface area (Å²) in [5, 5.41) is 3.09. The van der Waals surface area contributed by atoms with Crippen molar-refractivity contribution in [1.82, 2.24) is 0 Å². The molecule has 1 N–H and O–H groups in total. The summed E-state index contributed by atoms with van der Waals surface area (Å²) in [6, 6.07) is 14.8. The van der Waals surface area contributed by atoms with Crippen LogP contribution in [0.2, 0.25) is 10.0 Å². The minimum absolute atomic E-state index is 0.167. The third-order valence-electron chi connectivity index (χ3n) is 4.96. The number of carbonyl (C=O) groups is 1. The SMILES string of the molecule is O=C(Nc1cc(Cl)cc(Cl)c1)c1cc(S(=O)(=O)N2CCCc3ccccc32)ccc1F. The summed E-state index contributed by atoms with van der Waals surface area (Å²) in [5.74, 6) is -1.66. The zero-order valence-corrected chi connectivity index (χ0v) is 18.4. The van der Waals surface area contributed by atoms with Gasteiger partial charge in [0.2, 0.25) is 0 Å². The number of aryl methyl sites for hydroxylation is 1. The molecule has 0 aliphatic carbocycles. The summed E-state index contributed by atoms with van der Waals surface area (Å²) in [4.78, 5) is 12.5. The number of carbonyl (C=O) groups excluding carboxylic acids is 1. The van der Waals surface area contributed by atoms with E-state index in [1.165, 1.54) is 22.5 Å². The number of sulfonamides is 1. The van der Waals surface area contributed by atoms with Gasteiger partial charge in [0.25, 0.3) is 15.9 Å². The Balaban J connectivity index is 1.68. The van der Waals surface area contributed by atoms with Crippen LogP contribution < -0.4 is 9.62 Å². The van der Waals surface area contributed by atoms with Crippen LogP contribution in [0.4, 0.5) is 15.8 Å². The standard InChI is InChI=1S/C22H17Cl2FN2O3S/c23-15-10-16(24)12-17(11-15)26-22(28)19-13-18(7-8-20(19)25)31(29,30)27-9-3-5-14-4-1-2-6-21(14)27/h1-2,4,6-8,10-13H,3,5,9H2,(H,26,28). The van der Waals surface area contributed by atoms with Crippen molar-refractivity contribution in [3.63, 3.8) is 0 Å². The molecule has 0 saturated carbocycles. The van der Waals surface area contributed by atoms with Crippen LogP contribution in [0.25, 0.3) is 0 Å². The van der Waals surface area contributed by atoms with E-state index in [1.54, 1.807) is 12.1 Å². The Hall–Kier alpha value is -2.61.